The molecule has 0 atom stereocenters. The maximum Gasteiger partial charge on any atom is 0.522 e. The second-order valence-corrected chi connectivity index (χ2v) is 4.62. The molecule has 1 aliphatic rings. The van der Waals surface area contributed by atoms with E-state index in [2.05, 4.69) is 8.47 Å². The van der Waals surface area contributed by atoms with E-state index < -0.39 is 10.4 Å². The van der Waals surface area contributed by atoms with Gasteiger partial charge in [-0.1, -0.05) is 0 Å². The molecule has 16 heavy (non-hydrogen) atoms. The standard InChI is InChI=1S/C9H7NO5S/c1-5-7-4-6(11)2-3-8(7)10-9(5)14-16(12,13)15-10/h2-4,11H,1H3. The molecule has 0 aliphatic carbocycles. The summed E-state index contributed by atoms with van der Waals surface area (Å²) in [5, 5.41) is 10.0. The van der Waals surface area contributed by atoms with Crippen molar-refractivity contribution in [2.45, 2.75) is 6.92 Å². The average Bonchev–Trinajstić information content (AvgIpc) is 2.62. The van der Waals surface area contributed by atoms with Crippen LogP contribution in [-0.4, -0.2) is 18.3 Å². The van der Waals surface area contributed by atoms with E-state index >= 15 is 0 Å². The fraction of sp³-hybridized carbons (Fsp3) is 0.111. The SMILES string of the molecule is Cc1c2n(c3ccc(O)cc13)OS(=O)(=O)O2. The van der Waals surface area contributed by atoms with Crippen LogP contribution in [0, 0.1) is 6.92 Å². The molecule has 0 unspecified atom stereocenters. The fourth-order valence-corrected chi connectivity index (χ4v) is 2.50. The van der Waals surface area contributed by atoms with Crippen LogP contribution in [0.25, 0.3) is 10.9 Å². The Labute approximate surface area is 90.9 Å². The normalized spacial score (nSPS) is 16.8. The van der Waals surface area contributed by atoms with Gasteiger partial charge in [0.05, 0.1) is 5.52 Å². The molecule has 84 valence electrons. The molecule has 1 aromatic carbocycles. The van der Waals surface area contributed by atoms with Gasteiger partial charge in [-0.25, -0.2) is 0 Å². The van der Waals surface area contributed by atoms with Crippen molar-refractivity contribution >= 4 is 21.3 Å². The molecule has 0 fully saturated rings. The molecular formula is C9H7NO5S. The molecule has 2 heterocycles. The Balaban J connectivity index is 2.40. The van der Waals surface area contributed by atoms with E-state index in [0.29, 0.717) is 16.5 Å². The minimum atomic E-state index is -3.99. The summed E-state index contributed by atoms with van der Waals surface area (Å²) in [6.07, 6.45) is 0. The van der Waals surface area contributed by atoms with Crippen molar-refractivity contribution in [3.63, 3.8) is 0 Å². The average molecular weight is 241 g/mol. The largest absolute Gasteiger partial charge is 0.522 e. The van der Waals surface area contributed by atoms with E-state index in [-0.39, 0.29) is 11.6 Å². The Morgan fingerprint density at radius 1 is 1.38 bits per heavy atom. The van der Waals surface area contributed by atoms with Crippen molar-refractivity contribution in [2.24, 2.45) is 0 Å². The van der Waals surface area contributed by atoms with E-state index in [0.717, 1.165) is 4.73 Å². The third-order valence-corrected chi connectivity index (χ3v) is 3.15. The number of aromatic hydroxyl groups is 1. The molecule has 0 bridgehead atoms. The van der Waals surface area contributed by atoms with Gasteiger partial charge in [-0.15, -0.1) is 13.1 Å². The Hall–Kier alpha value is -1.89. The Morgan fingerprint density at radius 2 is 2.12 bits per heavy atom. The zero-order valence-corrected chi connectivity index (χ0v) is 8.98. The highest BCUT2D eigenvalue weighted by atomic mass is 32.3. The molecule has 1 aliphatic heterocycles. The van der Waals surface area contributed by atoms with E-state index in [4.69, 9.17) is 0 Å². The van der Waals surface area contributed by atoms with Crippen LogP contribution in [-0.2, 0) is 10.4 Å². The monoisotopic (exact) mass is 241 g/mol. The number of aromatic nitrogens is 1. The topological polar surface area (TPSA) is 77.8 Å². The Bertz CT molecular complexity index is 700. The summed E-state index contributed by atoms with van der Waals surface area (Å²) in [7, 11) is -3.99. The number of rotatable bonds is 0. The number of nitrogens with zero attached hydrogens (tertiary/aromatic N) is 1. The van der Waals surface area contributed by atoms with Crippen LogP contribution in [0.2, 0.25) is 0 Å². The summed E-state index contributed by atoms with van der Waals surface area (Å²) in [6.45, 7) is 1.69. The van der Waals surface area contributed by atoms with Gasteiger partial charge in [0, 0.05) is 10.9 Å². The van der Waals surface area contributed by atoms with Crippen LogP contribution in [0.4, 0.5) is 0 Å². The highest BCUT2D eigenvalue weighted by molar-refractivity contribution is 7.82. The first-order chi connectivity index (χ1) is 7.48. The number of phenols is 1. The third kappa shape index (κ3) is 1.09. The molecule has 1 aromatic heterocycles. The zero-order valence-electron chi connectivity index (χ0n) is 8.17. The van der Waals surface area contributed by atoms with Gasteiger partial charge in [0.2, 0.25) is 0 Å². The first kappa shape index (κ1) is 9.34. The molecule has 3 rings (SSSR count). The maximum atomic E-state index is 11.1. The Kier molecular flexibility index (Phi) is 1.53. The van der Waals surface area contributed by atoms with Gasteiger partial charge < -0.3 is 9.29 Å². The van der Waals surface area contributed by atoms with Gasteiger partial charge >= 0.3 is 10.4 Å². The lowest BCUT2D eigenvalue weighted by atomic mass is 10.2. The summed E-state index contributed by atoms with van der Waals surface area (Å²) in [5.41, 5.74) is 1.14. The summed E-state index contributed by atoms with van der Waals surface area (Å²) in [6, 6.07) is 4.53. The number of phenolic OH excluding ortho intramolecular Hbond substituents is 1. The number of hydrogen-bond donors (Lipinski definition) is 1. The van der Waals surface area contributed by atoms with Gasteiger partial charge in [-0.05, 0) is 25.1 Å². The van der Waals surface area contributed by atoms with Crippen LogP contribution in [0.1, 0.15) is 5.56 Å². The molecule has 0 amide bonds. The number of benzene rings is 1. The van der Waals surface area contributed by atoms with Crippen LogP contribution >= 0.6 is 0 Å². The maximum absolute atomic E-state index is 11.1. The highest BCUT2D eigenvalue weighted by Gasteiger charge is 2.33. The van der Waals surface area contributed by atoms with Gasteiger partial charge in [0.25, 0.3) is 5.88 Å². The lowest BCUT2D eigenvalue weighted by Gasteiger charge is -1.97. The molecule has 0 radical (unpaired) electrons. The molecule has 0 saturated heterocycles. The minimum absolute atomic E-state index is 0.0998. The zero-order chi connectivity index (χ0) is 11.5. The summed E-state index contributed by atoms with van der Waals surface area (Å²) >= 11 is 0. The van der Waals surface area contributed by atoms with E-state index in [1.165, 1.54) is 12.1 Å². The summed E-state index contributed by atoms with van der Waals surface area (Å²) < 4.78 is 32.6. The van der Waals surface area contributed by atoms with Crippen molar-refractivity contribution in [1.82, 2.24) is 4.73 Å². The highest BCUT2D eigenvalue weighted by Crippen LogP contribution is 2.36. The summed E-state index contributed by atoms with van der Waals surface area (Å²) in [4.78, 5) is 0. The van der Waals surface area contributed by atoms with Gasteiger partial charge in [0.1, 0.15) is 5.75 Å². The fourth-order valence-electron chi connectivity index (χ4n) is 1.75. The van der Waals surface area contributed by atoms with Gasteiger partial charge in [-0.3, -0.25) is 4.28 Å². The second-order valence-electron chi connectivity index (χ2n) is 3.49. The lowest BCUT2D eigenvalue weighted by Crippen LogP contribution is -2.13. The molecule has 6 nitrogen and oxygen atoms in total. The van der Waals surface area contributed by atoms with Crippen molar-refractivity contribution in [3.8, 4) is 11.6 Å². The summed E-state index contributed by atoms with van der Waals surface area (Å²) in [5.74, 6) is 0.225. The van der Waals surface area contributed by atoms with Crippen molar-refractivity contribution in [1.29, 1.82) is 0 Å². The van der Waals surface area contributed by atoms with Crippen LogP contribution in [0.5, 0.6) is 11.6 Å². The number of fused-ring (bicyclic) bond motifs is 3. The smallest absolute Gasteiger partial charge is 0.508 e. The quantitative estimate of drug-likeness (QED) is 0.735. The van der Waals surface area contributed by atoms with Crippen LogP contribution < -0.4 is 8.47 Å². The van der Waals surface area contributed by atoms with Gasteiger partial charge in [-0.2, -0.15) is 0 Å². The van der Waals surface area contributed by atoms with Gasteiger partial charge in [0.15, 0.2) is 0 Å². The molecule has 7 heteroatoms. The Morgan fingerprint density at radius 3 is 2.88 bits per heavy atom. The van der Waals surface area contributed by atoms with Crippen molar-refractivity contribution in [3.05, 3.63) is 23.8 Å². The van der Waals surface area contributed by atoms with Crippen molar-refractivity contribution < 1.29 is 22.0 Å². The minimum Gasteiger partial charge on any atom is -0.508 e. The number of aryl methyl sites for hydroxylation is 1. The predicted molar refractivity (Wildman–Crippen MR) is 54.5 cm³/mol. The third-order valence-electron chi connectivity index (χ3n) is 2.46. The first-order valence-corrected chi connectivity index (χ1v) is 5.80. The lowest BCUT2D eigenvalue weighted by molar-refractivity contribution is 0.312. The molecule has 0 saturated carbocycles. The van der Waals surface area contributed by atoms with Crippen molar-refractivity contribution in [2.75, 3.05) is 0 Å². The van der Waals surface area contributed by atoms with E-state index in [9.17, 15) is 13.5 Å². The first-order valence-electron chi connectivity index (χ1n) is 4.46. The predicted octanol–water partition coefficient (Wildman–Crippen LogP) is 0.721. The van der Waals surface area contributed by atoms with E-state index in [1.54, 1.807) is 13.0 Å². The molecule has 0 spiro atoms. The van der Waals surface area contributed by atoms with Crippen LogP contribution in [0.3, 0.4) is 0 Å². The molecule has 2 aromatic rings. The second kappa shape index (κ2) is 2.62. The molecule has 1 N–H and O–H groups in total. The molecular weight excluding hydrogens is 234 g/mol. The van der Waals surface area contributed by atoms with E-state index in [1.807, 2.05) is 0 Å². The van der Waals surface area contributed by atoms with Crippen LogP contribution in [0.15, 0.2) is 18.2 Å². The number of hydrogen-bond acceptors (Lipinski definition) is 5.